The highest BCUT2D eigenvalue weighted by Gasteiger charge is 2.69. The molecule has 5 aliphatic rings. The molecule has 6 N–H and O–H groups in total. The molecule has 0 radical (unpaired) electrons. The zero-order valence-corrected chi connectivity index (χ0v) is 26.9. The number of hydrogen-bond acceptors (Lipinski definition) is 11. The number of hydrogen-bond donors (Lipinski definition) is 5. The Kier molecular flexibility index (Phi) is 8.75. The highest BCUT2D eigenvalue weighted by molar-refractivity contribution is 7.99. The van der Waals surface area contributed by atoms with Gasteiger partial charge in [-0.3, -0.25) is 24.1 Å². The molecule has 0 spiro atoms. The number of carbonyl (C=O) groups excluding carboxylic acids is 4. The molecule has 0 aliphatic heterocycles. The number of carbonyl (C=O) groups is 4. The number of phenolic OH excluding ortho intramolecular Hbond substituents is 1. The largest absolute Gasteiger partial charge is 0.510 e. The number of benzene rings is 1. The second-order valence-corrected chi connectivity index (χ2v) is 14.9. The fourth-order valence-corrected chi connectivity index (χ4v) is 10.1. The number of amides is 1. The number of thioether (sulfide) groups is 1. The van der Waals surface area contributed by atoms with E-state index >= 15 is 0 Å². The number of likely N-dealkylation sites (N-methyl/N-ethyl adjacent to an activating group) is 1. The van der Waals surface area contributed by atoms with Crippen LogP contribution in [0.1, 0.15) is 79.6 Å². The molecule has 2 fully saturated rings. The number of nitrogens with zero attached hydrogens (tertiary/aromatic N) is 1. The van der Waals surface area contributed by atoms with Gasteiger partial charge < -0.3 is 30.9 Å². The summed E-state index contributed by atoms with van der Waals surface area (Å²) in [7, 11) is 3.11. The zero-order valence-electron chi connectivity index (χ0n) is 26.1. The van der Waals surface area contributed by atoms with Crippen molar-refractivity contribution in [2.24, 2.45) is 23.5 Å². The second-order valence-electron chi connectivity index (χ2n) is 13.6. The van der Waals surface area contributed by atoms with Gasteiger partial charge in [-0.25, -0.2) is 0 Å². The van der Waals surface area contributed by atoms with Crippen LogP contribution < -0.4 is 5.73 Å². The van der Waals surface area contributed by atoms with Gasteiger partial charge in [-0.2, -0.15) is 11.8 Å². The molecule has 0 bridgehead atoms. The normalized spacial score (nSPS) is 32.0. The first-order valence-corrected chi connectivity index (χ1v) is 17.2. The highest BCUT2D eigenvalue weighted by Crippen LogP contribution is 2.57. The third kappa shape index (κ3) is 5.04. The fraction of sp³-hybridized carbons (Fsp3) is 0.588. The van der Waals surface area contributed by atoms with Gasteiger partial charge in [0.15, 0.2) is 11.4 Å². The van der Waals surface area contributed by atoms with Crippen LogP contribution in [-0.2, 0) is 19.1 Å². The number of ketones is 2. The van der Waals surface area contributed by atoms with Gasteiger partial charge in [-0.15, -0.1) is 0 Å². The molecule has 248 valence electrons. The van der Waals surface area contributed by atoms with Crippen molar-refractivity contribution in [3.63, 3.8) is 0 Å². The lowest BCUT2D eigenvalue weighted by Crippen LogP contribution is -2.69. The molecule has 0 unspecified atom stereocenters. The van der Waals surface area contributed by atoms with E-state index in [1.807, 2.05) is 0 Å². The smallest absolute Gasteiger partial charge is 0.309 e. The van der Waals surface area contributed by atoms with Crippen molar-refractivity contribution in [3.05, 3.63) is 52.0 Å². The molecule has 12 heteroatoms. The Morgan fingerprint density at radius 2 is 1.67 bits per heavy atom. The maximum absolute atomic E-state index is 14.3. The van der Waals surface area contributed by atoms with Crippen LogP contribution in [0.25, 0.3) is 0 Å². The molecule has 1 amide bonds. The molecule has 2 saturated carbocycles. The van der Waals surface area contributed by atoms with Crippen LogP contribution in [-0.4, -0.2) is 91.6 Å². The highest BCUT2D eigenvalue weighted by atomic mass is 32.2. The molecule has 6 rings (SSSR count). The van der Waals surface area contributed by atoms with Crippen LogP contribution >= 0.6 is 11.8 Å². The molecule has 1 aromatic rings. The molecule has 0 saturated heterocycles. The van der Waals surface area contributed by atoms with E-state index in [0.717, 1.165) is 44.9 Å². The van der Waals surface area contributed by atoms with Gasteiger partial charge >= 0.3 is 5.97 Å². The Morgan fingerprint density at radius 1 is 1.02 bits per heavy atom. The summed E-state index contributed by atoms with van der Waals surface area (Å²) in [6, 6.07) is 3.42. The number of rotatable bonds is 7. The summed E-state index contributed by atoms with van der Waals surface area (Å²) in [6.07, 6.45) is 6.73. The van der Waals surface area contributed by atoms with Crippen LogP contribution in [0, 0.1) is 17.8 Å². The number of phenols is 1. The number of primary amides is 1. The summed E-state index contributed by atoms with van der Waals surface area (Å²) < 4.78 is 6.35. The molecule has 5 aliphatic carbocycles. The van der Waals surface area contributed by atoms with E-state index in [9.17, 15) is 39.6 Å². The SMILES string of the molecule is CN(C)[C@@H]1C(O)=C(C(N)=O)C(=O)[C@@]2(O)C(O)=C3C(=O)c4c(O)cccc4[C@H](CSC4CCCC4)[C@H]3[C@H](OC(=O)C3CCCCC3)[C@@H]12. The van der Waals surface area contributed by atoms with Crippen molar-refractivity contribution in [2.75, 3.05) is 19.8 Å². The molecular weight excluding hydrogens is 612 g/mol. The quantitative estimate of drug-likeness (QED) is 0.214. The van der Waals surface area contributed by atoms with Crippen molar-refractivity contribution in [3.8, 4) is 5.75 Å². The Morgan fingerprint density at radius 3 is 2.30 bits per heavy atom. The Bertz CT molecular complexity index is 1520. The van der Waals surface area contributed by atoms with Crippen molar-refractivity contribution < 1.29 is 44.3 Å². The number of aliphatic hydroxyl groups excluding tert-OH is 2. The fourth-order valence-electron chi connectivity index (χ4n) is 8.58. The number of ether oxygens (including phenoxy) is 1. The third-order valence-corrected chi connectivity index (χ3v) is 12.3. The van der Waals surface area contributed by atoms with Gasteiger partial charge in [0.05, 0.1) is 23.4 Å². The first-order chi connectivity index (χ1) is 21.9. The van der Waals surface area contributed by atoms with Crippen LogP contribution in [0.4, 0.5) is 0 Å². The molecule has 46 heavy (non-hydrogen) atoms. The lowest BCUT2D eigenvalue weighted by molar-refractivity contribution is -0.184. The van der Waals surface area contributed by atoms with E-state index in [0.29, 0.717) is 29.4 Å². The summed E-state index contributed by atoms with van der Waals surface area (Å²) in [5, 5.41) is 47.1. The van der Waals surface area contributed by atoms with Gasteiger partial charge in [-0.05, 0) is 51.4 Å². The molecule has 1 aromatic carbocycles. The van der Waals surface area contributed by atoms with Gasteiger partial charge in [0, 0.05) is 28.4 Å². The van der Waals surface area contributed by atoms with Crippen molar-refractivity contribution >= 4 is 35.2 Å². The van der Waals surface area contributed by atoms with Crippen LogP contribution in [0.5, 0.6) is 5.75 Å². The minimum absolute atomic E-state index is 0.0577. The first kappa shape index (κ1) is 32.6. The van der Waals surface area contributed by atoms with Crippen molar-refractivity contribution in [1.82, 2.24) is 4.90 Å². The standard InChI is InChI=1S/C34H42N2O9S/c1-36(2)26-25-29(45-33(43)16-9-4-3-5-10-16)22-19(15-46-17-11-6-7-12-17)18-13-8-14-20(37)21(18)27(38)23(22)30(40)34(25,44)31(41)24(28(26)39)32(35)42/h8,13-14,16-17,19,22,25-26,29,37,39-40,44H,3-7,9-12,15H2,1-2H3,(H2,35,42)/t19-,22+,25+,26-,29-,34-/m0/s1. The van der Waals surface area contributed by atoms with E-state index in [1.54, 1.807) is 38.0 Å². The molecule has 11 nitrogen and oxygen atoms in total. The summed E-state index contributed by atoms with van der Waals surface area (Å²) in [5.41, 5.74) is 1.78. The van der Waals surface area contributed by atoms with Gasteiger partial charge in [0.25, 0.3) is 5.91 Å². The van der Waals surface area contributed by atoms with E-state index in [4.69, 9.17) is 10.5 Å². The number of nitrogens with two attached hydrogens (primary N) is 1. The minimum atomic E-state index is -2.95. The maximum Gasteiger partial charge on any atom is 0.309 e. The summed E-state index contributed by atoms with van der Waals surface area (Å²) >= 11 is 1.71. The molecule has 0 aromatic heterocycles. The second kappa shape index (κ2) is 12.4. The summed E-state index contributed by atoms with van der Waals surface area (Å²) in [4.78, 5) is 56.3. The molecule has 6 atom stereocenters. The van der Waals surface area contributed by atoms with Gasteiger partial charge in [0.2, 0.25) is 5.78 Å². The average Bonchev–Trinajstić information content (AvgIpc) is 3.54. The lowest BCUT2D eigenvalue weighted by atomic mass is 9.55. The number of fused-ring (bicyclic) bond motifs is 3. The monoisotopic (exact) mass is 654 g/mol. The number of Topliss-reactive ketones (excluding diaryl/α,β-unsaturated/α-hetero) is 2. The summed E-state index contributed by atoms with van der Waals surface area (Å²) in [5.74, 6) is -9.18. The number of aliphatic hydroxyl groups is 3. The Balaban J connectivity index is 1.59. The molecular formula is C34H42N2O9S. The number of aromatic hydroxyl groups is 1. The molecule has 0 heterocycles. The van der Waals surface area contributed by atoms with Crippen molar-refractivity contribution in [1.29, 1.82) is 0 Å². The average molecular weight is 655 g/mol. The zero-order chi connectivity index (χ0) is 33.1. The van der Waals surface area contributed by atoms with Crippen LogP contribution in [0.2, 0.25) is 0 Å². The Hall–Kier alpha value is -3.35. The van der Waals surface area contributed by atoms with E-state index in [1.165, 1.54) is 11.0 Å². The maximum atomic E-state index is 14.3. The lowest BCUT2D eigenvalue weighted by Gasteiger charge is -2.54. The van der Waals surface area contributed by atoms with Gasteiger partial charge in [0.1, 0.15) is 28.9 Å². The van der Waals surface area contributed by atoms with E-state index in [2.05, 4.69) is 0 Å². The van der Waals surface area contributed by atoms with Crippen LogP contribution in [0.15, 0.2) is 40.9 Å². The van der Waals surface area contributed by atoms with Crippen LogP contribution in [0.3, 0.4) is 0 Å². The summed E-state index contributed by atoms with van der Waals surface area (Å²) in [6.45, 7) is 0. The van der Waals surface area contributed by atoms with E-state index in [-0.39, 0.29) is 16.9 Å². The Labute approximate surface area is 271 Å². The van der Waals surface area contributed by atoms with Crippen molar-refractivity contribution in [2.45, 2.75) is 86.7 Å². The minimum Gasteiger partial charge on any atom is -0.510 e. The third-order valence-electron chi connectivity index (χ3n) is 10.8. The predicted octanol–water partition coefficient (Wildman–Crippen LogP) is 3.44. The van der Waals surface area contributed by atoms with Gasteiger partial charge in [-0.1, -0.05) is 44.2 Å². The first-order valence-electron chi connectivity index (χ1n) is 16.2. The topological polar surface area (TPSA) is 188 Å². The predicted molar refractivity (Wildman–Crippen MR) is 169 cm³/mol. The van der Waals surface area contributed by atoms with E-state index < -0.39 is 82.0 Å². The number of esters is 1.